The van der Waals surface area contributed by atoms with Gasteiger partial charge in [-0.2, -0.15) is 9.67 Å². The van der Waals surface area contributed by atoms with Crippen molar-refractivity contribution in [3.8, 4) is 0 Å². The van der Waals surface area contributed by atoms with Crippen LogP contribution >= 0.6 is 0 Å². The fourth-order valence-corrected chi connectivity index (χ4v) is 2.10. The van der Waals surface area contributed by atoms with Crippen molar-refractivity contribution in [2.75, 3.05) is 13.6 Å². The molecule has 0 bridgehead atoms. The Morgan fingerprint density at radius 3 is 2.83 bits per heavy atom. The van der Waals surface area contributed by atoms with Crippen LogP contribution in [-0.2, 0) is 0 Å². The van der Waals surface area contributed by atoms with Crippen molar-refractivity contribution in [3.05, 3.63) is 54.4 Å². The predicted octanol–water partition coefficient (Wildman–Crippen LogP) is 1.82. The molecule has 3 aromatic rings. The van der Waals surface area contributed by atoms with E-state index >= 15 is 0 Å². The standard InChI is InChI=1S/C16H16N6O/c1-3-21(2)16(18-15(23)12-7-6-10-17-11-12)22-14-9-5-4-8-13(14)19-20-22/h4-11H,3H2,1-2H3/b18-16-. The lowest BCUT2D eigenvalue weighted by Gasteiger charge is -2.18. The molecular weight excluding hydrogens is 292 g/mol. The van der Waals surface area contributed by atoms with Crippen molar-refractivity contribution in [3.63, 3.8) is 0 Å². The van der Waals surface area contributed by atoms with Crippen LogP contribution in [-0.4, -0.2) is 50.3 Å². The van der Waals surface area contributed by atoms with Crippen molar-refractivity contribution in [2.45, 2.75) is 6.92 Å². The average Bonchev–Trinajstić information content (AvgIpc) is 3.03. The second-order valence-corrected chi connectivity index (χ2v) is 4.96. The Hall–Kier alpha value is -3.09. The van der Waals surface area contributed by atoms with Gasteiger partial charge in [-0.15, -0.1) is 5.10 Å². The first-order chi connectivity index (χ1) is 11.2. The number of carbonyl (C=O) groups is 1. The van der Waals surface area contributed by atoms with Crippen LogP contribution in [0.3, 0.4) is 0 Å². The second kappa shape index (κ2) is 6.35. The number of hydrogen-bond donors (Lipinski definition) is 0. The quantitative estimate of drug-likeness (QED) is 0.533. The zero-order valence-electron chi connectivity index (χ0n) is 12.9. The molecule has 116 valence electrons. The number of rotatable bonds is 2. The third-order valence-corrected chi connectivity index (χ3v) is 3.47. The summed E-state index contributed by atoms with van der Waals surface area (Å²) in [5.74, 6) is 0.0584. The van der Waals surface area contributed by atoms with Gasteiger partial charge >= 0.3 is 0 Å². The summed E-state index contributed by atoms with van der Waals surface area (Å²) in [4.78, 5) is 22.4. The summed E-state index contributed by atoms with van der Waals surface area (Å²) in [6.45, 7) is 2.65. The van der Waals surface area contributed by atoms with E-state index in [0.717, 1.165) is 11.0 Å². The molecule has 1 amide bonds. The van der Waals surface area contributed by atoms with E-state index in [4.69, 9.17) is 0 Å². The lowest BCUT2D eigenvalue weighted by atomic mass is 10.3. The Morgan fingerprint density at radius 1 is 1.26 bits per heavy atom. The lowest BCUT2D eigenvalue weighted by molar-refractivity contribution is 0.100. The van der Waals surface area contributed by atoms with Gasteiger partial charge in [-0.3, -0.25) is 9.78 Å². The van der Waals surface area contributed by atoms with E-state index in [-0.39, 0.29) is 5.91 Å². The van der Waals surface area contributed by atoms with Gasteiger partial charge in [0.25, 0.3) is 5.91 Å². The summed E-state index contributed by atoms with van der Waals surface area (Å²) in [5.41, 5.74) is 1.97. The molecule has 0 spiro atoms. The first-order valence-electron chi connectivity index (χ1n) is 7.25. The Kier molecular flexibility index (Phi) is 4.09. The molecule has 0 N–H and O–H groups in total. The second-order valence-electron chi connectivity index (χ2n) is 4.96. The third-order valence-electron chi connectivity index (χ3n) is 3.47. The van der Waals surface area contributed by atoms with E-state index in [1.807, 2.05) is 43.1 Å². The van der Waals surface area contributed by atoms with Gasteiger partial charge in [0.1, 0.15) is 5.52 Å². The molecule has 0 fully saturated rings. The molecule has 7 heteroatoms. The molecule has 0 aliphatic heterocycles. The number of hydrogen-bond acceptors (Lipinski definition) is 4. The predicted molar refractivity (Wildman–Crippen MR) is 87.2 cm³/mol. The highest BCUT2D eigenvalue weighted by Gasteiger charge is 2.16. The first kappa shape index (κ1) is 14.8. The van der Waals surface area contributed by atoms with Crippen LogP contribution in [0.25, 0.3) is 11.0 Å². The first-order valence-corrected chi connectivity index (χ1v) is 7.25. The maximum absolute atomic E-state index is 12.4. The number of amides is 1. The minimum Gasteiger partial charge on any atom is -0.344 e. The Bertz CT molecular complexity index is 855. The number of fused-ring (bicyclic) bond motifs is 1. The van der Waals surface area contributed by atoms with Gasteiger partial charge in [-0.05, 0) is 31.2 Å². The van der Waals surface area contributed by atoms with Crippen molar-refractivity contribution in [2.24, 2.45) is 4.99 Å². The molecule has 7 nitrogen and oxygen atoms in total. The van der Waals surface area contributed by atoms with Crippen molar-refractivity contribution >= 4 is 22.9 Å². The van der Waals surface area contributed by atoms with Crippen molar-refractivity contribution in [1.82, 2.24) is 24.9 Å². The summed E-state index contributed by atoms with van der Waals surface area (Å²) in [6.07, 6.45) is 3.11. The maximum atomic E-state index is 12.4. The van der Waals surface area contributed by atoms with Gasteiger partial charge in [0.05, 0.1) is 11.1 Å². The van der Waals surface area contributed by atoms with Gasteiger partial charge < -0.3 is 4.90 Å². The van der Waals surface area contributed by atoms with E-state index < -0.39 is 0 Å². The number of para-hydroxylation sites is 1. The summed E-state index contributed by atoms with van der Waals surface area (Å²) in [7, 11) is 1.85. The number of aliphatic imine (C=N–C) groups is 1. The molecular formula is C16H16N6O. The molecule has 3 rings (SSSR count). The van der Waals surface area contributed by atoms with Crippen LogP contribution in [0.2, 0.25) is 0 Å². The Morgan fingerprint density at radius 2 is 2.09 bits per heavy atom. The number of nitrogens with zero attached hydrogens (tertiary/aromatic N) is 6. The number of benzene rings is 1. The molecule has 0 aliphatic rings. The fourth-order valence-electron chi connectivity index (χ4n) is 2.10. The van der Waals surface area contributed by atoms with Crippen molar-refractivity contribution in [1.29, 1.82) is 0 Å². The summed E-state index contributed by atoms with van der Waals surface area (Å²) < 4.78 is 1.58. The molecule has 0 atom stereocenters. The highest BCUT2D eigenvalue weighted by atomic mass is 16.1. The van der Waals surface area contributed by atoms with E-state index in [0.29, 0.717) is 18.1 Å². The molecule has 0 saturated heterocycles. The summed E-state index contributed by atoms with van der Waals surface area (Å²) in [6, 6.07) is 10.9. The summed E-state index contributed by atoms with van der Waals surface area (Å²) in [5, 5.41) is 8.26. The maximum Gasteiger partial charge on any atom is 0.281 e. The topological polar surface area (TPSA) is 76.3 Å². The van der Waals surface area contributed by atoms with Crippen molar-refractivity contribution < 1.29 is 4.79 Å². The lowest BCUT2D eigenvalue weighted by Crippen LogP contribution is -2.34. The highest BCUT2D eigenvalue weighted by Crippen LogP contribution is 2.11. The minimum absolute atomic E-state index is 0.368. The minimum atomic E-state index is -0.368. The van der Waals surface area contributed by atoms with E-state index in [1.165, 1.54) is 6.20 Å². The molecule has 1 aromatic carbocycles. The van der Waals surface area contributed by atoms with E-state index in [2.05, 4.69) is 20.3 Å². The Labute approximate surface area is 133 Å². The number of pyridine rings is 1. The van der Waals surface area contributed by atoms with Gasteiger partial charge in [-0.25, -0.2) is 0 Å². The highest BCUT2D eigenvalue weighted by molar-refractivity contribution is 6.04. The van der Waals surface area contributed by atoms with E-state index in [1.54, 1.807) is 23.0 Å². The van der Waals surface area contributed by atoms with Crippen LogP contribution < -0.4 is 0 Å². The summed E-state index contributed by atoms with van der Waals surface area (Å²) >= 11 is 0. The van der Waals surface area contributed by atoms with Crippen LogP contribution in [0.15, 0.2) is 53.8 Å². The normalized spacial score (nSPS) is 11.7. The largest absolute Gasteiger partial charge is 0.344 e. The molecule has 23 heavy (non-hydrogen) atoms. The zero-order valence-corrected chi connectivity index (χ0v) is 12.9. The monoisotopic (exact) mass is 308 g/mol. The van der Waals surface area contributed by atoms with Gasteiger partial charge in [0.2, 0.25) is 5.96 Å². The SMILES string of the molecule is CCN(C)/C(=N/C(=O)c1cccnc1)n1nnc2ccccc21. The van der Waals surface area contributed by atoms with Gasteiger partial charge in [0, 0.05) is 26.0 Å². The van der Waals surface area contributed by atoms with Gasteiger partial charge in [0.15, 0.2) is 0 Å². The molecule has 0 unspecified atom stereocenters. The molecule has 0 saturated carbocycles. The van der Waals surface area contributed by atoms with Crippen LogP contribution in [0.4, 0.5) is 0 Å². The fraction of sp³-hybridized carbons (Fsp3) is 0.188. The third kappa shape index (κ3) is 2.94. The Balaban J connectivity index is 2.08. The smallest absolute Gasteiger partial charge is 0.281 e. The number of carbonyl (C=O) groups excluding carboxylic acids is 1. The molecule has 2 aromatic heterocycles. The van der Waals surface area contributed by atoms with Crippen LogP contribution in [0.1, 0.15) is 17.3 Å². The van der Waals surface area contributed by atoms with E-state index in [9.17, 15) is 4.79 Å². The molecule has 0 radical (unpaired) electrons. The number of aromatic nitrogens is 4. The average molecular weight is 308 g/mol. The van der Waals surface area contributed by atoms with Crippen LogP contribution in [0.5, 0.6) is 0 Å². The van der Waals surface area contributed by atoms with Gasteiger partial charge in [-0.1, -0.05) is 17.3 Å². The molecule has 0 aliphatic carbocycles. The molecule has 2 heterocycles. The zero-order chi connectivity index (χ0) is 16.2. The van der Waals surface area contributed by atoms with Crippen LogP contribution in [0, 0.1) is 0 Å².